The van der Waals surface area contributed by atoms with Crippen LogP contribution in [0, 0.1) is 0 Å². The van der Waals surface area contributed by atoms with Crippen LogP contribution in [0.4, 0.5) is 0 Å². The summed E-state index contributed by atoms with van der Waals surface area (Å²) < 4.78 is 8.72. The maximum atomic E-state index is 6.30. The fourth-order valence-corrected chi connectivity index (χ4v) is 8.78. The van der Waals surface area contributed by atoms with Crippen LogP contribution >= 0.6 is 0 Å². The maximum Gasteiger partial charge on any atom is 0.137 e. The van der Waals surface area contributed by atoms with Gasteiger partial charge in [-0.1, -0.05) is 140 Å². The van der Waals surface area contributed by atoms with Crippen LogP contribution in [-0.2, 0) is 6.42 Å². The van der Waals surface area contributed by atoms with Gasteiger partial charge in [-0.25, -0.2) is 0 Å². The Hall–Kier alpha value is -6.64. The van der Waals surface area contributed by atoms with Gasteiger partial charge in [-0.05, 0) is 99.0 Å². The second kappa shape index (κ2) is 11.4. The number of hydrogen-bond donors (Lipinski definition) is 0. The molecule has 2 heterocycles. The SMILES string of the molecule is c1ccc(-c2cccc(C3Cc4ccc(-c5ccc6c(c5)c5ccccc5n6-c5cccc6oc7ccccc7c56)cc4-c4ccccc43)c2)cc1. The second-order valence-electron chi connectivity index (χ2n) is 14.0. The number of hydrogen-bond acceptors (Lipinski definition) is 1. The quantitative estimate of drug-likeness (QED) is 0.183. The summed E-state index contributed by atoms with van der Waals surface area (Å²) in [4.78, 5) is 0. The van der Waals surface area contributed by atoms with Crippen molar-refractivity contribution in [2.45, 2.75) is 12.3 Å². The number of benzene rings is 8. The minimum absolute atomic E-state index is 0.303. The van der Waals surface area contributed by atoms with Gasteiger partial charge in [0.1, 0.15) is 11.2 Å². The van der Waals surface area contributed by atoms with Gasteiger partial charge < -0.3 is 8.98 Å². The summed E-state index contributed by atoms with van der Waals surface area (Å²) in [5.41, 5.74) is 17.1. The van der Waals surface area contributed by atoms with Crippen molar-refractivity contribution in [1.82, 2.24) is 4.57 Å². The molecule has 52 heavy (non-hydrogen) atoms. The molecule has 0 N–H and O–H groups in total. The van der Waals surface area contributed by atoms with E-state index in [1.54, 1.807) is 0 Å². The van der Waals surface area contributed by atoms with E-state index in [0.29, 0.717) is 5.92 Å². The molecule has 1 atom stereocenters. The van der Waals surface area contributed by atoms with E-state index >= 15 is 0 Å². The van der Waals surface area contributed by atoms with Crippen molar-refractivity contribution in [3.63, 3.8) is 0 Å². The molecule has 0 saturated carbocycles. The molecule has 2 heteroatoms. The smallest absolute Gasteiger partial charge is 0.137 e. The van der Waals surface area contributed by atoms with Crippen molar-refractivity contribution in [3.8, 4) is 39.1 Å². The van der Waals surface area contributed by atoms with Gasteiger partial charge in [0.15, 0.2) is 0 Å². The lowest BCUT2D eigenvalue weighted by molar-refractivity contribution is 0.669. The summed E-state index contributed by atoms with van der Waals surface area (Å²) in [7, 11) is 0. The van der Waals surface area contributed by atoms with Crippen molar-refractivity contribution >= 4 is 43.7 Å². The standard InChI is InChI=1S/C50H33NO/c1-2-12-32(13-3-1)33-14-10-15-36(28-33)43-31-37-25-24-34(29-42(37)38-16-4-5-17-39(38)43)35-26-27-46-44(30-35)40-18-6-8-20-45(40)51(46)47-21-11-23-49-50(47)41-19-7-9-22-48(41)52-49/h1-30,43H,31H2. The highest BCUT2D eigenvalue weighted by Gasteiger charge is 2.27. The lowest BCUT2D eigenvalue weighted by Crippen LogP contribution is -2.12. The van der Waals surface area contributed by atoms with E-state index in [1.165, 1.54) is 71.9 Å². The molecule has 0 amide bonds. The number of para-hydroxylation sites is 2. The van der Waals surface area contributed by atoms with Crippen LogP contribution in [0.3, 0.4) is 0 Å². The third kappa shape index (κ3) is 4.44. The summed E-state index contributed by atoms with van der Waals surface area (Å²) in [6.07, 6.45) is 0.978. The zero-order valence-electron chi connectivity index (χ0n) is 28.5. The van der Waals surface area contributed by atoms with Crippen molar-refractivity contribution in [2.24, 2.45) is 0 Å². The molecule has 2 aromatic heterocycles. The molecule has 0 aliphatic heterocycles. The van der Waals surface area contributed by atoms with Gasteiger partial charge in [0, 0.05) is 22.1 Å². The number of rotatable bonds is 4. The average Bonchev–Trinajstić information content (AvgIpc) is 3.76. The molecular formula is C50H33NO. The van der Waals surface area contributed by atoms with E-state index in [4.69, 9.17) is 4.42 Å². The summed E-state index contributed by atoms with van der Waals surface area (Å²) in [5, 5.41) is 4.77. The van der Waals surface area contributed by atoms with Crippen LogP contribution in [0.15, 0.2) is 186 Å². The van der Waals surface area contributed by atoms with Crippen LogP contribution in [0.2, 0.25) is 0 Å². The highest BCUT2D eigenvalue weighted by atomic mass is 16.3. The predicted molar refractivity (Wildman–Crippen MR) is 216 cm³/mol. The summed E-state index contributed by atoms with van der Waals surface area (Å²) in [6, 6.07) is 66.4. The van der Waals surface area contributed by atoms with Crippen molar-refractivity contribution in [3.05, 3.63) is 199 Å². The summed E-state index contributed by atoms with van der Waals surface area (Å²) in [6.45, 7) is 0. The molecule has 10 aromatic rings. The fourth-order valence-electron chi connectivity index (χ4n) is 8.78. The van der Waals surface area contributed by atoms with Gasteiger partial charge in [0.2, 0.25) is 0 Å². The molecule has 1 aliphatic carbocycles. The summed E-state index contributed by atoms with van der Waals surface area (Å²) in [5.74, 6) is 0.303. The zero-order chi connectivity index (χ0) is 34.2. The largest absolute Gasteiger partial charge is 0.456 e. The Morgan fingerprint density at radius 3 is 2.08 bits per heavy atom. The highest BCUT2D eigenvalue weighted by molar-refractivity contribution is 6.15. The summed E-state index contributed by atoms with van der Waals surface area (Å²) >= 11 is 0. The normalized spacial score (nSPS) is 13.9. The minimum Gasteiger partial charge on any atom is -0.456 e. The first-order valence-electron chi connectivity index (χ1n) is 18.1. The van der Waals surface area contributed by atoms with Gasteiger partial charge >= 0.3 is 0 Å². The van der Waals surface area contributed by atoms with E-state index in [0.717, 1.165) is 34.0 Å². The molecule has 1 unspecified atom stereocenters. The van der Waals surface area contributed by atoms with Gasteiger partial charge in [-0.15, -0.1) is 0 Å². The lowest BCUT2D eigenvalue weighted by Gasteiger charge is -2.29. The fraction of sp³-hybridized carbons (Fsp3) is 0.0400. The van der Waals surface area contributed by atoms with E-state index in [-0.39, 0.29) is 0 Å². The van der Waals surface area contributed by atoms with Gasteiger partial charge in [0.05, 0.1) is 22.1 Å². The molecular weight excluding hydrogens is 631 g/mol. The van der Waals surface area contributed by atoms with Crippen molar-refractivity contribution < 1.29 is 4.42 Å². The molecule has 8 aromatic carbocycles. The van der Waals surface area contributed by atoms with Gasteiger partial charge in [-0.2, -0.15) is 0 Å². The molecule has 2 nitrogen and oxygen atoms in total. The molecule has 244 valence electrons. The van der Waals surface area contributed by atoms with Gasteiger partial charge in [0.25, 0.3) is 0 Å². The Kier molecular flexibility index (Phi) is 6.41. The van der Waals surface area contributed by atoms with Crippen LogP contribution in [0.5, 0.6) is 0 Å². The van der Waals surface area contributed by atoms with Crippen molar-refractivity contribution in [1.29, 1.82) is 0 Å². The monoisotopic (exact) mass is 663 g/mol. The molecule has 1 aliphatic rings. The predicted octanol–water partition coefficient (Wildman–Crippen LogP) is 13.4. The number of nitrogens with zero attached hydrogens (tertiary/aromatic N) is 1. The number of fused-ring (bicyclic) bond motifs is 9. The Labute approximate surface area is 301 Å². The zero-order valence-corrected chi connectivity index (χ0v) is 28.5. The highest BCUT2D eigenvalue weighted by Crippen LogP contribution is 2.45. The van der Waals surface area contributed by atoms with E-state index < -0.39 is 0 Å². The lowest BCUT2D eigenvalue weighted by atomic mass is 9.75. The first-order chi connectivity index (χ1) is 25.8. The average molecular weight is 664 g/mol. The molecule has 0 fully saturated rings. The van der Waals surface area contributed by atoms with Crippen LogP contribution in [0.1, 0.15) is 22.6 Å². The first-order valence-corrected chi connectivity index (χ1v) is 18.1. The molecule has 11 rings (SSSR count). The second-order valence-corrected chi connectivity index (χ2v) is 14.0. The van der Waals surface area contributed by atoms with Crippen LogP contribution in [0.25, 0.3) is 82.8 Å². The van der Waals surface area contributed by atoms with Gasteiger partial charge in [-0.3, -0.25) is 0 Å². The molecule has 0 radical (unpaired) electrons. The molecule has 0 saturated heterocycles. The van der Waals surface area contributed by atoms with E-state index in [1.807, 2.05) is 6.07 Å². The first kappa shape index (κ1) is 29.1. The van der Waals surface area contributed by atoms with Crippen molar-refractivity contribution in [2.75, 3.05) is 0 Å². The Morgan fingerprint density at radius 1 is 0.442 bits per heavy atom. The van der Waals surface area contributed by atoms with E-state index in [9.17, 15) is 0 Å². The van der Waals surface area contributed by atoms with E-state index in [2.05, 4.69) is 180 Å². The third-order valence-corrected chi connectivity index (χ3v) is 11.2. The minimum atomic E-state index is 0.303. The van der Waals surface area contributed by atoms with Crippen LogP contribution < -0.4 is 0 Å². The van der Waals surface area contributed by atoms with Crippen LogP contribution in [-0.4, -0.2) is 4.57 Å². The molecule has 0 spiro atoms. The number of aromatic nitrogens is 1. The third-order valence-electron chi connectivity index (χ3n) is 11.2. The maximum absolute atomic E-state index is 6.30. The number of furan rings is 1. The Balaban J connectivity index is 1.03. The Bertz CT molecular complexity index is 3000. The Morgan fingerprint density at radius 2 is 1.13 bits per heavy atom. The molecule has 0 bridgehead atoms. The topological polar surface area (TPSA) is 18.1 Å².